The average Bonchev–Trinajstić information content (AvgIpc) is 3.00. The van der Waals surface area contributed by atoms with Crippen molar-refractivity contribution in [2.24, 2.45) is 0 Å². The van der Waals surface area contributed by atoms with Crippen LogP contribution in [-0.4, -0.2) is 16.7 Å². The Morgan fingerprint density at radius 3 is 2.06 bits per heavy atom. The first-order valence-corrected chi connectivity index (χ1v) is 10.4. The highest BCUT2D eigenvalue weighted by molar-refractivity contribution is 8.04. The molecule has 0 saturated heterocycles. The molecule has 0 bridgehead atoms. The van der Waals surface area contributed by atoms with E-state index >= 15 is 0 Å². The van der Waals surface area contributed by atoms with Gasteiger partial charge in [-0.1, -0.05) is 41.1 Å². The first-order chi connectivity index (χ1) is 14.8. The number of anilines is 1. The summed E-state index contributed by atoms with van der Waals surface area (Å²) < 4.78 is 0. The number of amides is 2. The number of non-ortho nitro benzene ring substituents is 1. The van der Waals surface area contributed by atoms with Gasteiger partial charge in [0.15, 0.2) is 0 Å². The van der Waals surface area contributed by atoms with E-state index in [1.165, 1.54) is 24.3 Å². The molecule has 154 valence electrons. The van der Waals surface area contributed by atoms with Gasteiger partial charge in [-0.15, -0.1) is 0 Å². The molecule has 0 fully saturated rings. The van der Waals surface area contributed by atoms with Gasteiger partial charge in [0.25, 0.3) is 17.5 Å². The van der Waals surface area contributed by atoms with Crippen LogP contribution in [-0.2, 0) is 9.59 Å². The lowest BCUT2D eigenvalue weighted by Crippen LogP contribution is -2.31. The van der Waals surface area contributed by atoms with Gasteiger partial charge in [-0.05, 0) is 61.0 Å². The topological polar surface area (TPSA) is 80.5 Å². The number of nitro groups is 1. The Kier molecular flexibility index (Phi) is 5.63. The van der Waals surface area contributed by atoms with Crippen LogP contribution in [0.4, 0.5) is 11.4 Å². The molecule has 0 saturated carbocycles. The number of benzene rings is 3. The number of hydrogen-bond acceptors (Lipinski definition) is 5. The first kappa shape index (κ1) is 20.8. The minimum absolute atomic E-state index is 0.0941. The molecule has 31 heavy (non-hydrogen) atoms. The predicted octanol–water partition coefficient (Wildman–Crippen LogP) is 5.63. The Balaban J connectivity index is 1.80. The molecule has 3 aromatic rings. The van der Waals surface area contributed by atoms with E-state index in [4.69, 9.17) is 11.6 Å². The minimum atomic E-state index is -0.512. The maximum Gasteiger partial charge on any atom is 0.272 e. The van der Waals surface area contributed by atoms with Gasteiger partial charge in [0, 0.05) is 22.1 Å². The molecule has 0 aromatic heterocycles. The standard InChI is InChI=1S/C23H15ClN2O4S/c1-14-2-8-17(9-3-14)25-22(27)20(15-4-10-18(11-5-15)26(29)30)21(23(25)28)31-19-12-6-16(24)7-13-19/h2-13H,1H3. The van der Waals surface area contributed by atoms with Crippen LogP contribution in [0.1, 0.15) is 11.1 Å². The zero-order valence-electron chi connectivity index (χ0n) is 16.2. The van der Waals surface area contributed by atoms with Gasteiger partial charge in [0.2, 0.25) is 0 Å². The number of nitrogens with zero attached hydrogens (tertiary/aromatic N) is 2. The Bertz CT molecular complexity index is 1220. The maximum atomic E-state index is 13.4. The summed E-state index contributed by atoms with van der Waals surface area (Å²) in [6, 6.07) is 19.6. The molecular formula is C23H15ClN2O4S. The second kappa shape index (κ2) is 8.37. The Labute approximate surface area is 187 Å². The predicted molar refractivity (Wildman–Crippen MR) is 121 cm³/mol. The largest absolute Gasteiger partial charge is 0.272 e. The van der Waals surface area contributed by atoms with Crippen LogP contribution >= 0.6 is 23.4 Å². The number of imide groups is 1. The third kappa shape index (κ3) is 4.10. The number of aryl methyl sites for hydroxylation is 1. The van der Waals surface area contributed by atoms with Gasteiger partial charge in [0.1, 0.15) is 0 Å². The number of hydrogen-bond donors (Lipinski definition) is 0. The number of nitro benzene ring substituents is 1. The minimum Gasteiger partial charge on any atom is -0.268 e. The van der Waals surface area contributed by atoms with Gasteiger partial charge in [-0.2, -0.15) is 0 Å². The van der Waals surface area contributed by atoms with Gasteiger partial charge in [-0.3, -0.25) is 19.7 Å². The molecule has 6 nitrogen and oxygen atoms in total. The van der Waals surface area contributed by atoms with Gasteiger partial charge >= 0.3 is 0 Å². The lowest BCUT2D eigenvalue weighted by Gasteiger charge is -2.15. The fourth-order valence-electron chi connectivity index (χ4n) is 3.16. The van der Waals surface area contributed by atoms with Crippen LogP contribution in [0.15, 0.2) is 82.6 Å². The van der Waals surface area contributed by atoms with Crippen molar-refractivity contribution in [1.82, 2.24) is 0 Å². The molecule has 1 aliphatic rings. The summed E-state index contributed by atoms with van der Waals surface area (Å²) in [6.07, 6.45) is 0. The summed E-state index contributed by atoms with van der Waals surface area (Å²) >= 11 is 7.12. The van der Waals surface area contributed by atoms with Crippen molar-refractivity contribution in [3.63, 3.8) is 0 Å². The third-order valence-corrected chi connectivity index (χ3v) is 6.08. The highest BCUT2D eigenvalue weighted by atomic mass is 35.5. The molecule has 0 N–H and O–H groups in total. The second-order valence-electron chi connectivity index (χ2n) is 6.85. The molecule has 2 amide bonds. The summed E-state index contributed by atoms with van der Waals surface area (Å²) in [4.78, 5) is 39.3. The maximum absolute atomic E-state index is 13.4. The summed E-state index contributed by atoms with van der Waals surface area (Å²) in [7, 11) is 0. The molecule has 0 radical (unpaired) electrons. The van der Waals surface area contributed by atoms with E-state index in [0.29, 0.717) is 16.3 Å². The van der Waals surface area contributed by atoms with Crippen molar-refractivity contribution in [3.05, 3.63) is 104 Å². The lowest BCUT2D eigenvalue weighted by molar-refractivity contribution is -0.384. The normalized spacial score (nSPS) is 13.8. The molecule has 1 aliphatic heterocycles. The first-order valence-electron chi connectivity index (χ1n) is 9.23. The van der Waals surface area contributed by atoms with Crippen LogP contribution in [0.3, 0.4) is 0 Å². The van der Waals surface area contributed by atoms with Crippen LogP contribution in [0.5, 0.6) is 0 Å². The number of halogens is 1. The fraction of sp³-hybridized carbons (Fsp3) is 0.0435. The third-order valence-electron chi connectivity index (χ3n) is 4.73. The van der Waals surface area contributed by atoms with Gasteiger partial charge in [-0.25, -0.2) is 4.90 Å². The SMILES string of the molecule is Cc1ccc(N2C(=O)C(Sc3ccc(Cl)cc3)=C(c3ccc([N+](=O)[O-])cc3)C2=O)cc1. The average molecular weight is 451 g/mol. The Morgan fingerprint density at radius 1 is 0.871 bits per heavy atom. The fourth-order valence-corrected chi connectivity index (χ4v) is 4.28. The van der Waals surface area contributed by atoms with Crippen LogP contribution in [0.2, 0.25) is 5.02 Å². The Morgan fingerprint density at radius 2 is 1.48 bits per heavy atom. The van der Waals surface area contributed by atoms with Crippen LogP contribution < -0.4 is 4.90 Å². The van der Waals surface area contributed by atoms with Crippen molar-refractivity contribution >= 4 is 52.1 Å². The zero-order chi connectivity index (χ0) is 22.1. The summed E-state index contributed by atoms with van der Waals surface area (Å²) in [6.45, 7) is 1.92. The molecule has 8 heteroatoms. The molecule has 3 aromatic carbocycles. The summed E-state index contributed by atoms with van der Waals surface area (Å²) in [5.41, 5.74) is 2.02. The van der Waals surface area contributed by atoms with E-state index < -0.39 is 16.7 Å². The van der Waals surface area contributed by atoms with Gasteiger partial charge < -0.3 is 0 Å². The molecule has 0 spiro atoms. The number of carbonyl (C=O) groups is 2. The van der Waals surface area contributed by atoms with Crippen molar-refractivity contribution in [2.75, 3.05) is 4.90 Å². The van der Waals surface area contributed by atoms with Crippen molar-refractivity contribution < 1.29 is 14.5 Å². The number of thioether (sulfide) groups is 1. The van der Waals surface area contributed by atoms with E-state index in [9.17, 15) is 19.7 Å². The van der Waals surface area contributed by atoms with Crippen LogP contribution in [0.25, 0.3) is 5.57 Å². The second-order valence-corrected chi connectivity index (χ2v) is 8.37. The number of carbonyl (C=O) groups excluding carboxylic acids is 2. The quantitative estimate of drug-likeness (QED) is 0.286. The molecule has 1 heterocycles. The van der Waals surface area contributed by atoms with Crippen molar-refractivity contribution in [3.8, 4) is 0 Å². The molecule has 0 atom stereocenters. The van der Waals surface area contributed by atoms with Crippen LogP contribution in [0, 0.1) is 17.0 Å². The van der Waals surface area contributed by atoms with E-state index in [1.54, 1.807) is 36.4 Å². The highest BCUT2D eigenvalue weighted by Crippen LogP contribution is 2.41. The summed E-state index contributed by atoms with van der Waals surface area (Å²) in [5.74, 6) is -0.915. The zero-order valence-corrected chi connectivity index (χ0v) is 17.8. The molecule has 0 aliphatic carbocycles. The molecule has 4 rings (SSSR count). The van der Waals surface area contributed by atoms with E-state index in [-0.39, 0.29) is 16.2 Å². The Hall–Kier alpha value is -3.42. The van der Waals surface area contributed by atoms with E-state index in [2.05, 4.69) is 0 Å². The lowest BCUT2D eigenvalue weighted by atomic mass is 10.1. The molecular weight excluding hydrogens is 436 g/mol. The van der Waals surface area contributed by atoms with Crippen molar-refractivity contribution in [1.29, 1.82) is 0 Å². The highest BCUT2D eigenvalue weighted by Gasteiger charge is 2.40. The smallest absolute Gasteiger partial charge is 0.268 e. The molecule has 0 unspecified atom stereocenters. The van der Waals surface area contributed by atoms with Crippen molar-refractivity contribution in [2.45, 2.75) is 11.8 Å². The monoisotopic (exact) mass is 450 g/mol. The van der Waals surface area contributed by atoms with E-state index in [0.717, 1.165) is 27.1 Å². The number of rotatable bonds is 5. The van der Waals surface area contributed by atoms with Gasteiger partial charge in [0.05, 0.1) is 21.1 Å². The summed E-state index contributed by atoms with van der Waals surface area (Å²) in [5, 5.41) is 11.6. The van der Waals surface area contributed by atoms with E-state index in [1.807, 2.05) is 19.1 Å².